The van der Waals surface area contributed by atoms with Crippen molar-refractivity contribution in [1.82, 2.24) is 0 Å². The molecule has 3 nitrogen and oxygen atoms in total. The van der Waals surface area contributed by atoms with E-state index in [4.69, 9.17) is 9.47 Å². The molecule has 1 saturated carbocycles. The van der Waals surface area contributed by atoms with Gasteiger partial charge in [0.05, 0.1) is 0 Å². The molecule has 0 saturated heterocycles. The molecule has 0 spiro atoms. The molecule has 1 aliphatic carbocycles. The van der Waals surface area contributed by atoms with Gasteiger partial charge >= 0.3 is 5.97 Å². The minimum absolute atomic E-state index is 0.0190. The lowest BCUT2D eigenvalue weighted by atomic mass is 9.98. The number of hydrogen-bond acceptors (Lipinski definition) is 3. The van der Waals surface area contributed by atoms with Crippen LogP contribution in [0, 0.1) is 0 Å². The zero-order chi connectivity index (χ0) is 14.5. The summed E-state index contributed by atoms with van der Waals surface area (Å²) in [5.41, 5.74) is 0. The summed E-state index contributed by atoms with van der Waals surface area (Å²) in [6.07, 6.45) is 5.63. The Bertz CT molecular complexity index is 615. The molecule has 0 heterocycles. The first-order valence-corrected chi connectivity index (χ1v) is 7.62. The number of fused-ring (bicyclic) bond motifs is 1. The molecule has 3 heteroatoms. The summed E-state index contributed by atoms with van der Waals surface area (Å²) in [6.45, 7) is -0.0190. The van der Waals surface area contributed by atoms with E-state index in [1.54, 1.807) is 0 Å². The maximum atomic E-state index is 11.8. The van der Waals surface area contributed by atoms with Crippen LogP contribution in [0.5, 0.6) is 5.75 Å². The second-order valence-electron chi connectivity index (χ2n) is 5.55. The van der Waals surface area contributed by atoms with Gasteiger partial charge in [-0.2, -0.15) is 0 Å². The number of carbonyl (C=O) groups excluding carboxylic acids is 1. The van der Waals surface area contributed by atoms with Crippen LogP contribution in [-0.4, -0.2) is 18.7 Å². The third kappa shape index (κ3) is 3.75. The Kier molecular flexibility index (Phi) is 4.39. The number of ether oxygens (including phenoxy) is 2. The molecule has 1 aliphatic rings. The van der Waals surface area contributed by atoms with E-state index in [9.17, 15) is 4.79 Å². The molecule has 0 aromatic heterocycles. The molecule has 0 N–H and O–H groups in total. The van der Waals surface area contributed by atoms with Crippen LogP contribution in [0.2, 0.25) is 0 Å². The van der Waals surface area contributed by atoms with Crippen molar-refractivity contribution < 1.29 is 14.3 Å². The Morgan fingerprint density at radius 3 is 2.57 bits per heavy atom. The fraction of sp³-hybridized carbons (Fsp3) is 0.389. The van der Waals surface area contributed by atoms with Crippen molar-refractivity contribution in [2.45, 2.75) is 38.2 Å². The van der Waals surface area contributed by atoms with Gasteiger partial charge in [0.25, 0.3) is 0 Å². The first-order chi connectivity index (χ1) is 10.3. The van der Waals surface area contributed by atoms with Crippen LogP contribution in [0.1, 0.15) is 32.1 Å². The predicted octanol–water partition coefficient (Wildman–Crippen LogP) is 4.09. The third-order valence-corrected chi connectivity index (χ3v) is 3.93. The maximum Gasteiger partial charge on any atom is 0.344 e. The lowest BCUT2D eigenvalue weighted by molar-refractivity contribution is -0.152. The monoisotopic (exact) mass is 284 g/mol. The fourth-order valence-corrected chi connectivity index (χ4v) is 2.80. The Morgan fingerprint density at radius 2 is 1.76 bits per heavy atom. The molecule has 0 bridgehead atoms. The van der Waals surface area contributed by atoms with Gasteiger partial charge in [-0.1, -0.05) is 36.8 Å². The van der Waals surface area contributed by atoms with Gasteiger partial charge in [-0.25, -0.2) is 4.79 Å². The van der Waals surface area contributed by atoms with Crippen molar-refractivity contribution in [2.24, 2.45) is 0 Å². The van der Waals surface area contributed by atoms with Crippen molar-refractivity contribution in [2.75, 3.05) is 6.61 Å². The van der Waals surface area contributed by atoms with Crippen molar-refractivity contribution in [3.05, 3.63) is 42.5 Å². The lowest BCUT2D eigenvalue weighted by Crippen LogP contribution is -2.24. The maximum absolute atomic E-state index is 11.8. The van der Waals surface area contributed by atoms with Crippen LogP contribution in [0.25, 0.3) is 10.8 Å². The molecule has 0 amide bonds. The molecule has 1 fully saturated rings. The van der Waals surface area contributed by atoms with E-state index in [0.717, 1.165) is 36.5 Å². The molecule has 2 aromatic carbocycles. The van der Waals surface area contributed by atoms with Crippen LogP contribution in [-0.2, 0) is 9.53 Å². The van der Waals surface area contributed by atoms with E-state index < -0.39 is 0 Å². The minimum Gasteiger partial charge on any atom is -0.482 e. The minimum atomic E-state index is -0.268. The van der Waals surface area contributed by atoms with E-state index in [-0.39, 0.29) is 18.7 Å². The molecule has 0 atom stereocenters. The smallest absolute Gasteiger partial charge is 0.344 e. The van der Waals surface area contributed by atoms with Crippen LogP contribution >= 0.6 is 0 Å². The van der Waals surface area contributed by atoms with Crippen molar-refractivity contribution in [3.8, 4) is 5.75 Å². The van der Waals surface area contributed by atoms with Crippen LogP contribution in [0.4, 0.5) is 0 Å². The molecule has 21 heavy (non-hydrogen) atoms. The van der Waals surface area contributed by atoms with Gasteiger partial charge in [0.2, 0.25) is 0 Å². The fourth-order valence-electron chi connectivity index (χ4n) is 2.80. The highest BCUT2D eigenvalue weighted by Crippen LogP contribution is 2.22. The van der Waals surface area contributed by atoms with E-state index in [0.29, 0.717) is 5.75 Å². The van der Waals surface area contributed by atoms with Gasteiger partial charge in [-0.3, -0.25) is 0 Å². The highest BCUT2D eigenvalue weighted by molar-refractivity contribution is 5.83. The molecule has 0 radical (unpaired) electrons. The normalized spacial score (nSPS) is 15.8. The Hall–Kier alpha value is -2.03. The molecule has 0 aliphatic heterocycles. The number of benzene rings is 2. The first-order valence-electron chi connectivity index (χ1n) is 7.62. The SMILES string of the molecule is O=C(COc1ccc2ccccc2c1)OC1CCCCC1. The highest BCUT2D eigenvalue weighted by Gasteiger charge is 2.17. The molecule has 0 unspecified atom stereocenters. The van der Waals surface area contributed by atoms with Gasteiger partial charge in [0.15, 0.2) is 6.61 Å². The lowest BCUT2D eigenvalue weighted by Gasteiger charge is -2.21. The van der Waals surface area contributed by atoms with Crippen molar-refractivity contribution in [1.29, 1.82) is 0 Å². The van der Waals surface area contributed by atoms with E-state index in [2.05, 4.69) is 6.07 Å². The standard InChI is InChI=1S/C18H20O3/c19-18(21-16-8-2-1-3-9-16)13-20-17-11-10-14-6-4-5-7-15(14)12-17/h4-7,10-12,16H,1-3,8-9,13H2. The predicted molar refractivity (Wildman–Crippen MR) is 82.4 cm³/mol. The van der Waals surface area contributed by atoms with Crippen LogP contribution in [0.15, 0.2) is 42.5 Å². The van der Waals surface area contributed by atoms with Crippen molar-refractivity contribution >= 4 is 16.7 Å². The van der Waals surface area contributed by atoms with Crippen molar-refractivity contribution in [3.63, 3.8) is 0 Å². The Labute approximate surface area is 124 Å². The van der Waals surface area contributed by atoms with Crippen LogP contribution in [0.3, 0.4) is 0 Å². The second-order valence-corrected chi connectivity index (χ2v) is 5.55. The second kappa shape index (κ2) is 6.61. The number of carbonyl (C=O) groups is 1. The summed E-state index contributed by atoms with van der Waals surface area (Å²) in [5, 5.41) is 2.27. The third-order valence-electron chi connectivity index (χ3n) is 3.93. The van der Waals surface area contributed by atoms with Gasteiger partial charge in [0, 0.05) is 0 Å². The summed E-state index contributed by atoms with van der Waals surface area (Å²) in [6, 6.07) is 13.9. The highest BCUT2D eigenvalue weighted by atomic mass is 16.6. The van der Waals surface area contributed by atoms with E-state index >= 15 is 0 Å². The summed E-state index contributed by atoms with van der Waals surface area (Å²) in [4.78, 5) is 11.8. The van der Waals surface area contributed by atoms with Crippen LogP contribution < -0.4 is 4.74 Å². The summed E-state index contributed by atoms with van der Waals surface area (Å²) in [5.74, 6) is 0.435. The Morgan fingerprint density at radius 1 is 1.00 bits per heavy atom. The topological polar surface area (TPSA) is 35.5 Å². The summed E-state index contributed by atoms with van der Waals surface area (Å²) in [7, 11) is 0. The van der Waals surface area contributed by atoms with Gasteiger partial charge < -0.3 is 9.47 Å². The van der Waals surface area contributed by atoms with Gasteiger partial charge in [-0.05, 0) is 48.6 Å². The van der Waals surface area contributed by atoms with Gasteiger partial charge in [0.1, 0.15) is 11.9 Å². The summed E-state index contributed by atoms with van der Waals surface area (Å²) < 4.78 is 11.0. The average molecular weight is 284 g/mol. The molecule has 2 aromatic rings. The largest absolute Gasteiger partial charge is 0.482 e. The molecular formula is C18H20O3. The zero-order valence-electron chi connectivity index (χ0n) is 12.1. The number of rotatable bonds is 4. The molecule has 3 rings (SSSR count). The first kappa shape index (κ1) is 13.9. The molecular weight excluding hydrogens is 264 g/mol. The molecule has 110 valence electrons. The quantitative estimate of drug-likeness (QED) is 0.793. The zero-order valence-corrected chi connectivity index (χ0v) is 12.1. The number of esters is 1. The number of hydrogen-bond donors (Lipinski definition) is 0. The Balaban J connectivity index is 1.54. The average Bonchev–Trinajstić information content (AvgIpc) is 2.54. The van der Waals surface area contributed by atoms with Gasteiger partial charge in [-0.15, -0.1) is 0 Å². The van der Waals surface area contributed by atoms with E-state index in [1.807, 2.05) is 36.4 Å². The van der Waals surface area contributed by atoms with E-state index in [1.165, 1.54) is 6.42 Å². The summed E-state index contributed by atoms with van der Waals surface area (Å²) >= 11 is 0.